The molecule has 1 amide bonds. The fraction of sp³-hybridized carbons (Fsp3) is 0.130. The number of carbonyl (C=O) groups excluding carboxylic acids is 2. The first-order valence-electron chi connectivity index (χ1n) is 9.59. The first kappa shape index (κ1) is 23.6. The number of amides is 1. The average Bonchev–Trinajstić information content (AvgIpc) is 3.32. The number of nitrogens with zero attached hydrogens (tertiary/aromatic N) is 1. The summed E-state index contributed by atoms with van der Waals surface area (Å²) in [4.78, 5) is 36.2. The Morgan fingerprint density at radius 3 is 2.55 bits per heavy atom. The molecule has 0 aliphatic carbocycles. The number of hydrogen-bond donors (Lipinski definition) is 1. The minimum atomic E-state index is -0.727. The van der Waals surface area contributed by atoms with Crippen LogP contribution in [0, 0.1) is 22.9 Å². The molecule has 0 unspecified atom stereocenters. The van der Waals surface area contributed by atoms with Crippen LogP contribution in [0.15, 0.2) is 53.9 Å². The third-order valence-electron chi connectivity index (χ3n) is 4.52. The van der Waals surface area contributed by atoms with Gasteiger partial charge in [0.05, 0.1) is 17.6 Å². The molecule has 170 valence electrons. The summed E-state index contributed by atoms with van der Waals surface area (Å²) in [6, 6.07) is 11.7. The number of aryl methyl sites for hydroxylation is 1. The molecular weight excluding hydrogens is 451 g/mol. The first-order chi connectivity index (χ1) is 15.8. The smallest absolute Gasteiger partial charge is 0.340 e. The predicted molar refractivity (Wildman–Crippen MR) is 123 cm³/mol. The topological polar surface area (TPSA) is 108 Å². The minimum absolute atomic E-state index is 0.0138. The maximum absolute atomic E-state index is 13.2. The number of nitrogens with one attached hydrogen (secondary N) is 1. The van der Waals surface area contributed by atoms with Gasteiger partial charge in [-0.2, -0.15) is 0 Å². The van der Waals surface area contributed by atoms with Gasteiger partial charge in [0, 0.05) is 22.7 Å². The van der Waals surface area contributed by atoms with E-state index in [1.165, 1.54) is 54.8 Å². The molecule has 1 heterocycles. The van der Waals surface area contributed by atoms with E-state index in [-0.39, 0.29) is 17.0 Å². The largest absolute Gasteiger partial charge is 0.490 e. The van der Waals surface area contributed by atoms with E-state index in [2.05, 4.69) is 5.32 Å². The van der Waals surface area contributed by atoms with E-state index >= 15 is 0 Å². The Morgan fingerprint density at radius 1 is 1.21 bits per heavy atom. The quantitative estimate of drug-likeness (QED) is 0.219. The number of hydrogen-bond acceptors (Lipinski definition) is 7. The third kappa shape index (κ3) is 6.01. The molecule has 0 fully saturated rings. The molecule has 0 saturated carbocycles. The molecule has 2 aromatic carbocycles. The number of nitro groups is 1. The Balaban J connectivity index is 1.72. The molecular formula is C23H19FN2O6S. The van der Waals surface area contributed by atoms with Crippen LogP contribution in [-0.4, -0.2) is 30.5 Å². The summed E-state index contributed by atoms with van der Waals surface area (Å²) in [5.74, 6) is -1.77. The van der Waals surface area contributed by atoms with Crippen molar-refractivity contribution in [2.75, 3.05) is 19.0 Å². The van der Waals surface area contributed by atoms with Gasteiger partial charge in [0.15, 0.2) is 12.4 Å². The molecule has 1 N–H and O–H groups in total. The van der Waals surface area contributed by atoms with E-state index in [1.807, 2.05) is 0 Å². The zero-order chi connectivity index (χ0) is 24.0. The highest BCUT2D eigenvalue weighted by Crippen LogP contribution is 2.32. The monoisotopic (exact) mass is 470 g/mol. The fourth-order valence-electron chi connectivity index (χ4n) is 2.90. The van der Waals surface area contributed by atoms with Gasteiger partial charge in [-0.05, 0) is 47.7 Å². The normalized spacial score (nSPS) is 11.1. The molecule has 0 atom stereocenters. The van der Waals surface area contributed by atoms with Gasteiger partial charge in [-0.3, -0.25) is 14.9 Å². The molecule has 1 aromatic heterocycles. The number of benzene rings is 2. The molecule has 0 saturated heterocycles. The van der Waals surface area contributed by atoms with Gasteiger partial charge in [0.25, 0.3) is 5.91 Å². The van der Waals surface area contributed by atoms with Crippen LogP contribution < -0.4 is 10.1 Å². The Morgan fingerprint density at radius 2 is 1.94 bits per heavy atom. The molecule has 3 aromatic rings. The molecule has 33 heavy (non-hydrogen) atoms. The number of ether oxygens (including phenoxy) is 2. The number of carbonyl (C=O) groups is 2. The van der Waals surface area contributed by atoms with Gasteiger partial charge in [-0.1, -0.05) is 18.2 Å². The fourth-order valence-corrected chi connectivity index (χ4v) is 3.63. The van der Waals surface area contributed by atoms with Crippen molar-refractivity contribution in [1.82, 2.24) is 0 Å². The Labute approximate surface area is 192 Å². The van der Waals surface area contributed by atoms with Gasteiger partial charge >= 0.3 is 11.7 Å². The van der Waals surface area contributed by atoms with Gasteiger partial charge in [-0.25, -0.2) is 9.18 Å². The Kier molecular flexibility index (Phi) is 7.52. The molecule has 0 radical (unpaired) electrons. The van der Waals surface area contributed by atoms with Crippen LogP contribution in [0.2, 0.25) is 0 Å². The molecule has 3 rings (SSSR count). The highest BCUT2D eigenvalue weighted by Gasteiger charge is 2.20. The molecule has 0 aliphatic heterocycles. The Bertz CT molecular complexity index is 1210. The summed E-state index contributed by atoms with van der Waals surface area (Å²) in [6.07, 6.45) is 1.55. The van der Waals surface area contributed by atoms with Crippen LogP contribution in [0.25, 0.3) is 11.6 Å². The predicted octanol–water partition coefficient (Wildman–Crippen LogP) is 4.83. The lowest BCUT2D eigenvalue weighted by Gasteiger charge is -2.11. The second-order valence-electron chi connectivity index (χ2n) is 6.81. The van der Waals surface area contributed by atoms with E-state index in [1.54, 1.807) is 30.5 Å². The molecule has 0 bridgehead atoms. The van der Waals surface area contributed by atoms with Gasteiger partial charge in [0.1, 0.15) is 5.82 Å². The van der Waals surface area contributed by atoms with Crippen LogP contribution in [0.3, 0.4) is 0 Å². The lowest BCUT2D eigenvalue weighted by molar-refractivity contribution is -0.385. The first-order valence-corrected chi connectivity index (χ1v) is 10.5. The summed E-state index contributed by atoms with van der Waals surface area (Å²) in [7, 11) is 1.28. The SMILES string of the molecule is COc1cc(NC(=O)COC(=O)C(=Cc2ccc(F)cc2)c2cccs2)c(C)cc1[N+](=O)[O-]. The van der Waals surface area contributed by atoms with E-state index in [0.717, 1.165) is 0 Å². The van der Waals surface area contributed by atoms with Crippen molar-refractivity contribution in [2.24, 2.45) is 0 Å². The average molecular weight is 470 g/mol. The van der Waals surface area contributed by atoms with Crippen molar-refractivity contribution < 1.29 is 28.4 Å². The summed E-state index contributed by atoms with van der Waals surface area (Å²) in [5.41, 5.74) is 1.31. The highest BCUT2D eigenvalue weighted by atomic mass is 32.1. The van der Waals surface area contributed by atoms with Crippen molar-refractivity contribution >= 4 is 46.2 Å². The maximum atomic E-state index is 13.2. The number of methoxy groups -OCH3 is 1. The van der Waals surface area contributed by atoms with Crippen molar-refractivity contribution in [3.05, 3.63) is 85.8 Å². The van der Waals surface area contributed by atoms with E-state index in [4.69, 9.17) is 9.47 Å². The summed E-state index contributed by atoms with van der Waals surface area (Å²) in [6.45, 7) is 1.01. The van der Waals surface area contributed by atoms with Crippen LogP contribution in [0.4, 0.5) is 15.8 Å². The van der Waals surface area contributed by atoms with Gasteiger partial charge < -0.3 is 14.8 Å². The molecule has 0 aliphatic rings. The van der Waals surface area contributed by atoms with Crippen molar-refractivity contribution in [3.8, 4) is 5.75 Å². The maximum Gasteiger partial charge on any atom is 0.340 e. The van der Waals surface area contributed by atoms with E-state index < -0.39 is 29.2 Å². The standard InChI is InChI=1S/C23H19FN2O6S/c1-14-10-19(26(29)30)20(31-2)12-18(14)25-22(27)13-32-23(28)17(21-4-3-9-33-21)11-15-5-7-16(24)8-6-15/h3-12H,13H2,1-2H3,(H,25,27). The van der Waals surface area contributed by atoms with Crippen molar-refractivity contribution in [2.45, 2.75) is 6.92 Å². The number of halogens is 1. The molecule has 10 heteroatoms. The Hall–Kier alpha value is -4.05. The van der Waals surface area contributed by atoms with E-state index in [0.29, 0.717) is 21.7 Å². The zero-order valence-corrected chi connectivity index (χ0v) is 18.5. The molecule has 8 nitrogen and oxygen atoms in total. The second-order valence-corrected chi connectivity index (χ2v) is 7.75. The summed E-state index contributed by atoms with van der Waals surface area (Å²) >= 11 is 1.32. The number of anilines is 1. The lowest BCUT2D eigenvalue weighted by atomic mass is 10.1. The van der Waals surface area contributed by atoms with E-state index in [9.17, 15) is 24.1 Å². The van der Waals surface area contributed by atoms with Crippen LogP contribution in [0.5, 0.6) is 5.75 Å². The number of esters is 1. The van der Waals surface area contributed by atoms with Crippen molar-refractivity contribution in [1.29, 1.82) is 0 Å². The molecule has 0 spiro atoms. The third-order valence-corrected chi connectivity index (χ3v) is 5.42. The van der Waals surface area contributed by atoms with Gasteiger partial charge in [-0.15, -0.1) is 11.3 Å². The van der Waals surface area contributed by atoms with Crippen LogP contribution >= 0.6 is 11.3 Å². The van der Waals surface area contributed by atoms with Crippen LogP contribution in [0.1, 0.15) is 16.0 Å². The second kappa shape index (κ2) is 10.5. The zero-order valence-electron chi connectivity index (χ0n) is 17.7. The van der Waals surface area contributed by atoms with Crippen molar-refractivity contribution in [3.63, 3.8) is 0 Å². The minimum Gasteiger partial charge on any atom is -0.490 e. The summed E-state index contributed by atoms with van der Waals surface area (Å²) in [5, 5.41) is 15.5. The number of nitro benzene ring substituents is 1. The highest BCUT2D eigenvalue weighted by molar-refractivity contribution is 7.11. The number of thiophene rings is 1. The lowest BCUT2D eigenvalue weighted by Crippen LogP contribution is -2.21. The van der Waals surface area contributed by atoms with Crippen LogP contribution in [-0.2, 0) is 14.3 Å². The number of rotatable bonds is 8. The van der Waals surface area contributed by atoms with Gasteiger partial charge in [0.2, 0.25) is 0 Å². The summed E-state index contributed by atoms with van der Waals surface area (Å²) < 4.78 is 23.4.